The van der Waals surface area contributed by atoms with Gasteiger partial charge >= 0.3 is 0 Å². The van der Waals surface area contributed by atoms with Crippen LogP contribution in [0.25, 0.3) is 0 Å². The number of sulfonamides is 1. The van der Waals surface area contributed by atoms with Gasteiger partial charge in [-0.15, -0.1) is 0 Å². The van der Waals surface area contributed by atoms with Gasteiger partial charge in [-0.1, -0.05) is 5.16 Å². The molecule has 7 nitrogen and oxygen atoms in total. The van der Waals surface area contributed by atoms with E-state index in [4.69, 9.17) is 9.26 Å². The summed E-state index contributed by atoms with van der Waals surface area (Å²) in [6, 6.07) is 4.87. The predicted molar refractivity (Wildman–Crippen MR) is 82.6 cm³/mol. The van der Waals surface area contributed by atoms with Crippen molar-refractivity contribution in [3.05, 3.63) is 35.5 Å². The Hall–Kier alpha value is -1.93. The molecule has 0 unspecified atom stereocenters. The van der Waals surface area contributed by atoms with E-state index in [1.807, 2.05) is 0 Å². The Labute approximate surface area is 135 Å². The number of nitrogens with one attached hydrogen (secondary N) is 1. The molecule has 2 aromatic rings. The van der Waals surface area contributed by atoms with E-state index in [1.54, 1.807) is 39.2 Å². The molecular formula is C15H19N3O4S. The minimum atomic E-state index is -3.70. The summed E-state index contributed by atoms with van der Waals surface area (Å²) in [7, 11) is -2.16. The zero-order valence-corrected chi connectivity index (χ0v) is 14.1. The molecule has 0 saturated heterocycles. The lowest BCUT2D eigenvalue weighted by molar-refractivity contribution is 0.203. The Morgan fingerprint density at radius 2 is 2.04 bits per heavy atom. The molecule has 0 amide bonds. The van der Waals surface area contributed by atoms with Crippen molar-refractivity contribution in [1.29, 1.82) is 0 Å². The van der Waals surface area contributed by atoms with Gasteiger partial charge in [0.2, 0.25) is 15.9 Å². The number of hydrogen-bond acceptors (Lipinski definition) is 6. The Bertz CT molecular complexity index is 825. The summed E-state index contributed by atoms with van der Waals surface area (Å²) < 4.78 is 38.5. The molecule has 1 aromatic heterocycles. The second-order valence-corrected chi connectivity index (χ2v) is 7.46. The molecule has 1 aliphatic rings. The summed E-state index contributed by atoms with van der Waals surface area (Å²) in [4.78, 5) is 4.43. The molecule has 1 N–H and O–H groups in total. The average molecular weight is 337 g/mol. The standard InChI is InChI=1S/C15H19N3O4S/c1-10-9-12(21-3)5-6-13(10)23(19,20)18-15(7-4-8-15)14-16-11(2)22-17-14/h5-6,9,18H,4,7-8H2,1-3H3. The molecule has 3 rings (SSSR count). The molecule has 23 heavy (non-hydrogen) atoms. The van der Waals surface area contributed by atoms with Gasteiger partial charge in [0.1, 0.15) is 5.75 Å². The molecule has 1 fully saturated rings. The third-order valence-corrected chi connectivity index (χ3v) is 5.86. The van der Waals surface area contributed by atoms with Gasteiger partial charge in [-0.05, 0) is 49.9 Å². The van der Waals surface area contributed by atoms with E-state index in [9.17, 15) is 8.42 Å². The Morgan fingerprint density at radius 3 is 2.52 bits per heavy atom. The topological polar surface area (TPSA) is 94.3 Å². The maximum Gasteiger partial charge on any atom is 0.241 e. The molecule has 8 heteroatoms. The second-order valence-electron chi connectivity index (χ2n) is 5.81. The van der Waals surface area contributed by atoms with Crippen molar-refractivity contribution in [2.24, 2.45) is 0 Å². The first kappa shape index (κ1) is 15.9. The van der Waals surface area contributed by atoms with Crippen LogP contribution in [0.2, 0.25) is 0 Å². The average Bonchev–Trinajstić information content (AvgIpc) is 2.89. The van der Waals surface area contributed by atoms with Crippen molar-refractivity contribution in [1.82, 2.24) is 14.9 Å². The van der Waals surface area contributed by atoms with Crippen molar-refractivity contribution in [2.45, 2.75) is 43.5 Å². The molecule has 1 aliphatic carbocycles. The van der Waals surface area contributed by atoms with Crippen LogP contribution in [0.5, 0.6) is 5.75 Å². The summed E-state index contributed by atoms with van der Waals surface area (Å²) in [5.41, 5.74) is -0.154. The number of aromatic nitrogens is 2. The highest BCUT2D eigenvalue weighted by atomic mass is 32.2. The zero-order valence-electron chi connectivity index (χ0n) is 13.3. The number of rotatable bonds is 5. The van der Waals surface area contributed by atoms with Crippen LogP contribution in [-0.4, -0.2) is 25.7 Å². The SMILES string of the molecule is COc1ccc(S(=O)(=O)NC2(c3noc(C)n3)CCC2)c(C)c1. The molecule has 1 aromatic carbocycles. The van der Waals surface area contributed by atoms with Crippen LogP contribution in [0.4, 0.5) is 0 Å². The van der Waals surface area contributed by atoms with Crippen molar-refractivity contribution in [2.75, 3.05) is 7.11 Å². The van der Waals surface area contributed by atoms with Gasteiger partial charge in [-0.25, -0.2) is 8.42 Å². The van der Waals surface area contributed by atoms with Crippen LogP contribution in [0.1, 0.15) is 36.5 Å². The fourth-order valence-corrected chi connectivity index (χ4v) is 4.41. The quantitative estimate of drug-likeness (QED) is 0.897. The van der Waals surface area contributed by atoms with Crippen LogP contribution in [0, 0.1) is 13.8 Å². The lowest BCUT2D eigenvalue weighted by atomic mass is 9.77. The van der Waals surface area contributed by atoms with Crippen molar-refractivity contribution in [3.63, 3.8) is 0 Å². The Kier molecular flexibility index (Phi) is 3.89. The highest BCUT2D eigenvalue weighted by molar-refractivity contribution is 7.89. The van der Waals surface area contributed by atoms with E-state index in [1.165, 1.54) is 0 Å². The molecular weight excluding hydrogens is 318 g/mol. The summed E-state index contributed by atoms with van der Waals surface area (Å²) in [6.45, 7) is 3.42. The molecule has 0 atom stereocenters. The van der Waals surface area contributed by atoms with E-state index in [0.29, 0.717) is 35.9 Å². The first-order valence-corrected chi connectivity index (χ1v) is 8.84. The van der Waals surface area contributed by atoms with E-state index in [-0.39, 0.29) is 4.90 Å². The first-order chi connectivity index (χ1) is 10.9. The summed E-state index contributed by atoms with van der Waals surface area (Å²) in [5.74, 6) is 1.44. The predicted octanol–water partition coefficient (Wildman–Crippen LogP) is 2.05. The third-order valence-electron chi connectivity index (χ3n) is 4.16. The summed E-state index contributed by atoms with van der Waals surface area (Å²) in [6.07, 6.45) is 2.22. The molecule has 1 heterocycles. The van der Waals surface area contributed by atoms with Gasteiger partial charge in [-0.2, -0.15) is 9.71 Å². The van der Waals surface area contributed by atoms with E-state index >= 15 is 0 Å². The van der Waals surface area contributed by atoms with Crippen LogP contribution in [0.3, 0.4) is 0 Å². The lowest BCUT2D eigenvalue weighted by Gasteiger charge is -2.39. The largest absolute Gasteiger partial charge is 0.497 e. The van der Waals surface area contributed by atoms with Gasteiger partial charge in [-0.3, -0.25) is 0 Å². The van der Waals surface area contributed by atoms with Gasteiger partial charge in [0.05, 0.1) is 17.5 Å². The molecule has 0 radical (unpaired) electrons. The van der Waals surface area contributed by atoms with Gasteiger partial charge in [0.25, 0.3) is 0 Å². The molecule has 0 bridgehead atoms. The molecule has 124 valence electrons. The van der Waals surface area contributed by atoms with Crippen LogP contribution >= 0.6 is 0 Å². The number of aryl methyl sites for hydroxylation is 2. The third kappa shape index (κ3) is 2.84. The second kappa shape index (κ2) is 5.61. The van der Waals surface area contributed by atoms with E-state index in [2.05, 4.69) is 14.9 Å². The molecule has 1 saturated carbocycles. The van der Waals surface area contributed by atoms with Crippen molar-refractivity contribution < 1.29 is 17.7 Å². The number of hydrogen-bond donors (Lipinski definition) is 1. The zero-order chi connectivity index (χ0) is 16.7. The highest BCUT2D eigenvalue weighted by Crippen LogP contribution is 2.41. The minimum absolute atomic E-state index is 0.227. The Morgan fingerprint density at radius 1 is 1.30 bits per heavy atom. The normalized spacial score (nSPS) is 16.8. The van der Waals surface area contributed by atoms with Crippen LogP contribution in [-0.2, 0) is 15.6 Å². The highest BCUT2D eigenvalue weighted by Gasteiger charge is 2.46. The number of benzene rings is 1. The number of nitrogens with zero attached hydrogens (tertiary/aromatic N) is 2. The minimum Gasteiger partial charge on any atom is -0.497 e. The van der Waals surface area contributed by atoms with Crippen LogP contribution in [0.15, 0.2) is 27.6 Å². The van der Waals surface area contributed by atoms with Gasteiger partial charge in [0.15, 0.2) is 5.82 Å². The smallest absolute Gasteiger partial charge is 0.241 e. The number of methoxy groups -OCH3 is 1. The monoisotopic (exact) mass is 337 g/mol. The van der Waals surface area contributed by atoms with Gasteiger partial charge < -0.3 is 9.26 Å². The molecule has 0 spiro atoms. The van der Waals surface area contributed by atoms with E-state index < -0.39 is 15.6 Å². The molecule has 0 aliphatic heterocycles. The van der Waals surface area contributed by atoms with Gasteiger partial charge in [0, 0.05) is 6.92 Å². The van der Waals surface area contributed by atoms with Crippen LogP contribution < -0.4 is 9.46 Å². The van der Waals surface area contributed by atoms with Crippen molar-refractivity contribution in [3.8, 4) is 5.75 Å². The fraction of sp³-hybridized carbons (Fsp3) is 0.467. The maximum atomic E-state index is 12.8. The lowest BCUT2D eigenvalue weighted by Crippen LogP contribution is -2.51. The first-order valence-electron chi connectivity index (χ1n) is 7.36. The fourth-order valence-electron chi connectivity index (χ4n) is 2.76. The Balaban J connectivity index is 1.94. The maximum absolute atomic E-state index is 12.8. The number of ether oxygens (including phenoxy) is 1. The van der Waals surface area contributed by atoms with Crippen molar-refractivity contribution >= 4 is 10.0 Å². The van der Waals surface area contributed by atoms with E-state index in [0.717, 1.165) is 6.42 Å². The summed E-state index contributed by atoms with van der Waals surface area (Å²) >= 11 is 0. The summed E-state index contributed by atoms with van der Waals surface area (Å²) in [5, 5.41) is 3.90.